The van der Waals surface area contributed by atoms with Crippen LogP contribution in [0.25, 0.3) is 10.9 Å². The van der Waals surface area contributed by atoms with Crippen LogP contribution in [-0.4, -0.2) is 51.5 Å². The van der Waals surface area contributed by atoms with Gasteiger partial charge in [-0.25, -0.2) is 0 Å². The molecule has 1 aliphatic rings. The number of para-hydroxylation sites is 1. The van der Waals surface area contributed by atoms with Crippen LogP contribution >= 0.6 is 23.4 Å². The van der Waals surface area contributed by atoms with E-state index in [2.05, 4.69) is 17.1 Å². The van der Waals surface area contributed by atoms with Crippen molar-refractivity contribution in [2.75, 3.05) is 13.7 Å². The number of aromatic amines is 1. The molecule has 1 aromatic heterocycles. The summed E-state index contributed by atoms with van der Waals surface area (Å²) in [6.07, 6.45) is -0.812. The van der Waals surface area contributed by atoms with Crippen LogP contribution in [0.5, 0.6) is 0 Å². The summed E-state index contributed by atoms with van der Waals surface area (Å²) in [6, 6.07) is 14.1. The Labute approximate surface area is 185 Å². The molecule has 3 aromatic rings. The summed E-state index contributed by atoms with van der Waals surface area (Å²) in [6.45, 7) is 0.311. The van der Waals surface area contributed by atoms with Crippen molar-refractivity contribution >= 4 is 34.3 Å². The van der Waals surface area contributed by atoms with E-state index in [1.807, 2.05) is 30.3 Å². The number of aromatic nitrogens is 1. The molecule has 0 saturated carbocycles. The van der Waals surface area contributed by atoms with Crippen molar-refractivity contribution in [3.05, 3.63) is 69.9 Å². The molecule has 2 heterocycles. The fraction of sp³-hybridized carbons (Fsp3) is 0.391. The highest BCUT2D eigenvalue weighted by Crippen LogP contribution is 2.45. The second-order valence-electron chi connectivity index (χ2n) is 7.79. The van der Waals surface area contributed by atoms with Crippen LogP contribution in [0.15, 0.2) is 42.5 Å². The lowest BCUT2D eigenvalue weighted by Gasteiger charge is -2.37. The summed E-state index contributed by atoms with van der Waals surface area (Å²) in [5.41, 5.74) is 4.83. The highest BCUT2D eigenvalue weighted by atomic mass is 35.5. The zero-order chi connectivity index (χ0) is 21.3. The summed E-state index contributed by atoms with van der Waals surface area (Å²) in [4.78, 5) is 3.43. The lowest BCUT2D eigenvalue weighted by atomic mass is 9.93. The zero-order valence-corrected chi connectivity index (χ0v) is 18.3. The van der Waals surface area contributed by atoms with Gasteiger partial charge in [-0.1, -0.05) is 35.9 Å². The minimum absolute atomic E-state index is 0.0416. The van der Waals surface area contributed by atoms with Gasteiger partial charge in [-0.2, -0.15) is 0 Å². The first-order valence-corrected chi connectivity index (χ1v) is 11.3. The molecule has 4 rings (SSSR count). The van der Waals surface area contributed by atoms with Gasteiger partial charge in [-0.05, 0) is 46.7 Å². The van der Waals surface area contributed by atoms with Gasteiger partial charge in [-0.15, -0.1) is 11.8 Å². The molecule has 2 aromatic carbocycles. The Morgan fingerprint density at radius 2 is 1.97 bits per heavy atom. The molecule has 30 heavy (non-hydrogen) atoms. The molecule has 1 aliphatic heterocycles. The van der Waals surface area contributed by atoms with Crippen LogP contribution in [0, 0.1) is 0 Å². The topological polar surface area (TPSA) is 85.7 Å². The van der Waals surface area contributed by atoms with E-state index in [0.29, 0.717) is 24.5 Å². The van der Waals surface area contributed by atoms with Gasteiger partial charge in [0.15, 0.2) is 0 Å². The molecule has 4 atom stereocenters. The number of thioether (sulfide) groups is 1. The number of hydrogen-bond donors (Lipinski definition) is 4. The fourth-order valence-electron chi connectivity index (χ4n) is 4.12. The lowest BCUT2D eigenvalue weighted by molar-refractivity contribution is 0.00495. The molecule has 5 nitrogen and oxygen atoms in total. The van der Waals surface area contributed by atoms with E-state index in [9.17, 15) is 15.3 Å². The van der Waals surface area contributed by atoms with Gasteiger partial charge in [-0.3, -0.25) is 0 Å². The number of methoxy groups -OCH3 is 1. The molecule has 0 bridgehead atoms. The largest absolute Gasteiger partial charge is 0.395 e. The number of halogens is 1. The van der Waals surface area contributed by atoms with Crippen LogP contribution in [0.1, 0.15) is 34.1 Å². The normalized spacial score (nSPS) is 24.4. The van der Waals surface area contributed by atoms with Crippen molar-refractivity contribution < 1.29 is 20.1 Å². The number of rotatable bonds is 6. The van der Waals surface area contributed by atoms with E-state index in [0.717, 1.165) is 33.3 Å². The van der Waals surface area contributed by atoms with Gasteiger partial charge in [0.2, 0.25) is 0 Å². The van der Waals surface area contributed by atoms with E-state index in [1.54, 1.807) is 7.11 Å². The molecule has 0 spiro atoms. The summed E-state index contributed by atoms with van der Waals surface area (Å²) in [5.74, 6) is 0. The average molecular weight is 448 g/mol. The van der Waals surface area contributed by atoms with E-state index < -0.39 is 12.2 Å². The first-order valence-electron chi connectivity index (χ1n) is 9.99. The lowest BCUT2D eigenvalue weighted by Crippen LogP contribution is -2.40. The molecule has 1 fully saturated rings. The Morgan fingerprint density at radius 3 is 2.70 bits per heavy atom. The van der Waals surface area contributed by atoms with Gasteiger partial charge in [0.1, 0.15) is 0 Å². The standard InChI is InChI=1S/C23H26ClNO4S/c1-29-12-15-9-19(24)14(7-16-6-13-4-2-3-5-20(13)25-16)8-18(15)23-22(28)21(27)10-17(11-26)30-23/h2-6,8-9,17,21-23,25-28H,7,10-12H2,1H3/t17-,21?,22+,23?/m0/s1. The molecule has 4 N–H and O–H groups in total. The molecule has 2 unspecified atom stereocenters. The summed E-state index contributed by atoms with van der Waals surface area (Å²) >= 11 is 8.11. The van der Waals surface area contributed by atoms with E-state index >= 15 is 0 Å². The van der Waals surface area contributed by atoms with Gasteiger partial charge in [0.05, 0.1) is 30.7 Å². The van der Waals surface area contributed by atoms with Crippen molar-refractivity contribution in [3.8, 4) is 0 Å². The molecule has 0 aliphatic carbocycles. The molecular weight excluding hydrogens is 422 g/mol. The van der Waals surface area contributed by atoms with E-state index in [1.165, 1.54) is 11.8 Å². The van der Waals surface area contributed by atoms with Crippen LogP contribution in [-0.2, 0) is 17.8 Å². The maximum absolute atomic E-state index is 10.7. The Hall–Kier alpha value is -1.54. The van der Waals surface area contributed by atoms with Gasteiger partial charge < -0.3 is 25.0 Å². The number of hydrogen-bond acceptors (Lipinski definition) is 5. The Bertz CT molecular complexity index is 991. The molecule has 1 saturated heterocycles. The third-order valence-corrected chi connectivity index (χ3v) is 7.54. The predicted molar refractivity (Wildman–Crippen MR) is 121 cm³/mol. The average Bonchev–Trinajstić information content (AvgIpc) is 3.14. The van der Waals surface area contributed by atoms with E-state index in [-0.39, 0.29) is 17.1 Å². The Balaban J connectivity index is 1.71. The van der Waals surface area contributed by atoms with Crippen molar-refractivity contribution in [2.45, 2.75) is 42.2 Å². The third kappa shape index (κ3) is 4.40. The SMILES string of the molecule is COCc1cc(Cl)c(Cc2cc3ccccc3[nH]2)cc1C1S[C@H](CO)CC(O)[C@H]1O. The maximum atomic E-state index is 10.7. The number of nitrogens with one attached hydrogen (secondary N) is 1. The first kappa shape index (κ1) is 21.7. The molecule has 160 valence electrons. The van der Waals surface area contributed by atoms with Crippen LogP contribution in [0.2, 0.25) is 5.02 Å². The molecule has 0 amide bonds. The van der Waals surface area contributed by atoms with Crippen LogP contribution < -0.4 is 0 Å². The third-order valence-electron chi connectivity index (χ3n) is 5.63. The number of fused-ring (bicyclic) bond motifs is 1. The zero-order valence-electron chi connectivity index (χ0n) is 16.7. The van der Waals surface area contributed by atoms with Crippen molar-refractivity contribution in [2.24, 2.45) is 0 Å². The minimum Gasteiger partial charge on any atom is -0.395 e. The Morgan fingerprint density at radius 1 is 1.17 bits per heavy atom. The number of benzene rings is 2. The summed E-state index contributed by atoms with van der Waals surface area (Å²) in [5, 5.41) is 32.0. The molecule has 7 heteroatoms. The monoisotopic (exact) mass is 447 g/mol. The Kier molecular flexibility index (Phi) is 6.72. The van der Waals surface area contributed by atoms with Crippen molar-refractivity contribution in [3.63, 3.8) is 0 Å². The molecule has 0 radical (unpaired) electrons. The molecular formula is C23H26ClNO4S. The summed E-state index contributed by atoms with van der Waals surface area (Å²) < 4.78 is 5.36. The van der Waals surface area contributed by atoms with Crippen molar-refractivity contribution in [1.82, 2.24) is 4.98 Å². The number of aliphatic hydroxyl groups is 3. The van der Waals surface area contributed by atoms with Crippen LogP contribution in [0.3, 0.4) is 0 Å². The number of ether oxygens (including phenoxy) is 1. The predicted octanol–water partition coefficient (Wildman–Crippen LogP) is 3.82. The quantitative estimate of drug-likeness (QED) is 0.461. The minimum atomic E-state index is -0.921. The second kappa shape index (κ2) is 9.30. The summed E-state index contributed by atoms with van der Waals surface area (Å²) in [7, 11) is 1.62. The van der Waals surface area contributed by atoms with Crippen molar-refractivity contribution in [1.29, 1.82) is 0 Å². The highest BCUT2D eigenvalue weighted by molar-refractivity contribution is 8.00. The van der Waals surface area contributed by atoms with E-state index in [4.69, 9.17) is 16.3 Å². The van der Waals surface area contributed by atoms with Gasteiger partial charge >= 0.3 is 0 Å². The number of H-pyrrole nitrogens is 1. The van der Waals surface area contributed by atoms with Gasteiger partial charge in [0.25, 0.3) is 0 Å². The second-order valence-corrected chi connectivity index (χ2v) is 9.64. The fourth-order valence-corrected chi connectivity index (χ4v) is 5.89. The van der Waals surface area contributed by atoms with Gasteiger partial charge in [0, 0.05) is 35.0 Å². The number of aliphatic hydroxyl groups excluding tert-OH is 3. The highest BCUT2D eigenvalue weighted by Gasteiger charge is 2.38. The first-order chi connectivity index (χ1) is 14.5. The smallest absolute Gasteiger partial charge is 0.0958 e. The van der Waals surface area contributed by atoms with Crippen LogP contribution in [0.4, 0.5) is 0 Å². The maximum Gasteiger partial charge on any atom is 0.0958 e.